The maximum absolute atomic E-state index is 12.8. The molecule has 2 aromatic carbocycles. The number of methoxy groups -OCH3 is 1. The Bertz CT molecular complexity index is 1070. The minimum atomic E-state index is -1.01. The van der Waals surface area contributed by atoms with Crippen LogP contribution >= 0.6 is 0 Å². The van der Waals surface area contributed by atoms with Crippen LogP contribution in [0, 0.1) is 0 Å². The molecule has 192 valence electrons. The molecule has 0 saturated carbocycles. The molecule has 0 radical (unpaired) electrons. The zero-order valence-corrected chi connectivity index (χ0v) is 20.9. The van der Waals surface area contributed by atoms with Gasteiger partial charge in [-0.2, -0.15) is 0 Å². The first-order chi connectivity index (χ1) is 17.0. The van der Waals surface area contributed by atoms with Gasteiger partial charge in [0.1, 0.15) is 24.0 Å². The smallest absolute Gasteiger partial charge is 0.408 e. The number of carbonyl (C=O) groups excluding carboxylic acids is 4. The highest BCUT2D eigenvalue weighted by atomic mass is 16.6. The van der Waals surface area contributed by atoms with Gasteiger partial charge >= 0.3 is 24.0 Å². The number of benzene rings is 2. The summed E-state index contributed by atoms with van der Waals surface area (Å²) in [6.45, 7) is 8.69. The molecular formula is C27H31NO8. The number of rotatable bonds is 10. The van der Waals surface area contributed by atoms with E-state index in [2.05, 4.69) is 16.6 Å². The van der Waals surface area contributed by atoms with Crippen molar-refractivity contribution >= 4 is 24.0 Å². The number of ether oxygens (including phenoxy) is 4. The Balaban J connectivity index is 2.05. The predicted octanol–water partition coefficient (Wildman–Crippen LogP) is 3.89. The lowest BCUT2D eigenvalue weighted by molar-refractivity contribution is -0.147. The van der Waals surface area contributed by atoms with Gasteiger partial charge in [0, 0.05) is 12.0 Å². The topological polar surface area (TPSA) is 117 Å². The Kier molecular flexibility index (Phi) is 10.2. The summed E-state index contributed by atoms with van der Waals surface area (Å²) in [5, 5.41) is 2.57. The van der Waals surface area contributed by atoms with Crippen molar-refractivity contribution < 1.29 is 38.1 Å². The second-order valence-electron chi connectivity index (χ2n) is 8.89. The fourth-order valence-electron chi connectivity index (χ4n) is 2.96. The molecule has 9 nitrogen and oxygen atoms in total. The average molecular weight is 498 g/mol. The first-order valence-electron chi connectivity index (χ1n) is 11.2. The van der Waals surface area contributed by atoms with Crippen LogP contribution in [0.3, 0.4) is 0 Å². The van der Waals surface area contributed by atoms with Gasteiger partial charge in [0.15, 0.2) is 0 Å². The Morgan fingerprint density at radius 3 is 2.17 bits per heavy atom. The molecule has 9 heteroatoms. The first kappa shape index (κ1) is 28.1. The number of hydrogen-bond donors (Lipinski definition) is 1. The van der Waals surface area contributed by atoms with Crippen molar-refractivity contribution in [1.82, 2.24) is 5.32 Å². The highest BCUT2D eigenvalue weighted by Crippen LogP contribution is 2.16. The van der Waals surface area contributed by atoms with Crippen molar-refractivity contribution in [3.8, 4) is 5.75 Å². The number of carbonyl (C=O) groups is 4. The lowest BCUT2D eigenvalue weighted by Crippen LogP contribution is -2.45. The van der Waals surface area contributed by atoms with Crippen LogP contribution in [0.25, 0.3) is 0 Å². The Hall–Kier alpha value is -4.14. The van der Waals surface area contributed by atoms with E-state index in [0.29, 0.717) is 5.56 Å². The van der Waals surface area contributed by atoms with Crippen molar-refractivity contribution in [1.29, 1.82) is 0 Å². The fourth-order valence-corrected chi connectivity index (χ4v) is 2.96. The molecule has 2 rings (SSSR count). The number of hydrogen-bond acceptors (Lipinski definition) is 8. The van der Waals surface area contributed by atoms with Crippen molar-refractivity contribution in [2.24, 2.45) is 0 Å². The number of nitrogens with one attached hydrogen (secondary N) is 1. The van der Waals surface area contributed by atoms with E-state index in [1.54, 1.807) is 32.9 Å². The lowest BCUT2D eigenvalue weighted by Gasteiger charge is -2.23. The zero-order valence-electron chi connectivity index (χ0n) is 20.9. The summed E-state index contributed by atoms with van der Waals surface area (Å²) in [6, 6.07) is 14.5. The summed E-state index contributed by atoms with van der Waals surface area (Å²) in [4.78, 5) is 48.5. The number of amides is 1. The second-order valence-corrected chi connectivity index (χ2v) is 8.89. The number of alkyl carbamates (subject to hydrolysis) is 1. The highest BCUT2D eigenvalue weighted by molar-refractivity contribution is 5.93. The van der Waals surface area contributed by atoms with Crippen LogP contribution in [0.1, 0.15) is 38.3 Å². The third-order valence-electron chi connectivity index (χ3n) is 4.63. The maximum atomic E-state index is 12.8. The Morgan fingerprint density at radius 1 is 0.944 bits per heavy atom. The van der Waals surface area contributed by atoms with E-state index in [0.717, 1.165) is 5.56 Å². The standard InChI is InChI=1S/C27H31NO8/c1-18(24(30)33-5)15-23(29)35-21-13-11-19(12-14-21)16-22(28-26(32)36-27(2,3)4)25(31)34-17-20-9-7-6-8-10-20/h6-14,22H,1,15-17H2,2-5H3,(H,28,32). The molecular weight excluding hydrogens is 466 g/mol. The van der Waals surface area contributed by atoms with Crippen molar-refractivity contribution in [3.05, 3.63) is 77.9 Å². The van der Waals surface area contributed by atoms with Gasteiger partial charge in [-0.25, -0.2) is 14.4 Å². The molecule has 0 bridgehead atoms. The molecule has 0 aliphatic rings. The molecule has 2 aromatic rings. The van der Waals surface area contributed by atoms with Gasteiger partial charge in [-0.1, -0.05) is 49.0 Å². The van der Waals surface area contributed by atoms with E-state index >= 15 is 0 Å². The molecule has 0 aromatic heterocycles. The zero-order chi connectivity index (χ0) is 26.7. The maximum Gasteiger partial charge on any atom is 0.408 e. The summed E-state index contributed by atoms with van der Waals surface area (Å²) in [5.41, 5.74) is 0.714. The van der Waals surface area contributed by atoms with Crippen LogP contribution in [-0.2, 0) is 41.6 Å². The molecule has 36 heavy (non-hydrogen) atoms. The van der Waals surface area contributed by atoms with Crippen molar-refractivity contribution in [2.75, 3.05) is 7.11 Å². The monoisotopic (exact) mass is 497 g/mol. The van der Waals surface area contributed by atoms with Crippen LogP contribution in [0.2, 0.25) is 0 Å². The summed E-state index contributed by atoms with van der Waals surface area (Å²) < 4.78 is 20.4. The van der Waals surface area contributed by atoms with Crippen LogP contribution in [0.5, 0.6) is 5.75 Å². The molecule has 1 unspecified atom stereocenters. The molecule has 1 atom stereocenters. The molecule has 0 aliphatic heterocycles. The molecule has 1 N–H and O–H groups in total. The second kappa shape index (κ2) is 13.1. The van der Waals surface area contributed by atoms with Gasteiger partial charge < -0.3 is 24.3 Å². The van der Waals surface area contributed by atoms with Crippen molar-refractivity contribution in [3.63, 3.8) is 0 Å². The first-order valence-corrected chi connectivity index (χ1v) is 11.2. The van der Waals surface area contributed by atoms with E-state index < -0.39 is 35.6 Å². The third kappa shape index (κ3) is 10.0. The van der Waals surface area contributed by atoms with E-state index in [4.69, 9.17) is 14.2 Å². The highest BCUT2D eigenvalue weighted by Gasteiger charge is 2.26. The largest absolute Gasteiger partial charge is 0.466 e. The Morgan fingerprint density at radius 2 is 1.58 bits per heavy atom. The van der Waals surface area contributed by atoms with E-state index in [1.807, 2.05) is 30.3 Å². The molecule has 0 fully saturated rings. The van der Waals surface area contributed by atoms with E-state index in [9.17, 15) is 19.2 Å². The third-order valence-corrected chi connectivity index (χ3v) is 4.63. The quantitative estimate of drug-likeness (QED) is 0.227. The number of esters is 3. The molecule has 1 amide bonds. The van der Waals surface area contributed by atoms with Crippen LogP contribution < -0.4 is 10.1 Å². The molecule has 0 spiro atoms. The van der Waals surface area contributed by atoms with E-state index in [-0.39, 0.29) is 30.8 Å². The van der Waals surface area contributed by atoms with Gasteiger partial charge in [-0.05, 0) is 44.0 Å². The molecule has 0 saturated heterocycles. The van der Waals surface area contributed by atoms with Gasteiger partial charge in [0.2, 0.25) is 0 Å². The summed E-state index contributed by atoms with van der Waals surface area (Å²) in [7, 11) is 1.19. The normalized spacial score (nSPS) is 11.6. The summed E-state index contributed by atoms with van der Waals surface area (Å²) in [6.07, 6.45) is -0.954. The van der Waals surface area contributed by atoms with Crippen LogP contribution in [0.4, 0.5) is 4.79 Å². The van der Waals surface area contributed by atoms with Gasteiger partial charge in [-0.3, -0.25) is 4.79 Å². The summed E-state index contributed by atoms with van der Waals surface area (Å²) in [5.74, 6) is -1.75. The molecule has 0 aliphatic carbocycles. The van der Waals surface area contributed by atoms with Crippen LogP contribution in [0.15, 0.2) is 66.7 Å². The van der Waals surface area contributed by atoms with Gasteiger partial charge in [0.05, 0.1) is 13.5 Å². The van der Waals surface area contributed by atoms with E-state index in [1.165, 1.54) is 19.2 Å². The molecule has 0 heterocycles. The average Bonchev–Trinajstić information content (AvgIpc) is 2.82. The fraction of sp³-hybridized carbons (Fsp3) is 0.333. The minimum absolute atomic E-state index is 0.0239. The minimum Gasteiger partial charge on any atom is -0.466 e. The summed E-state index contributed by atoms with van der Waals surface area (Å²) >= 11 is 0. The Labute approximate surface area is 210 Å². The lowest BCUT2D eigenvalue weighted by atomic mass is 10.1. The van der Waals surface area contributed by atoms with Gasteiger partial charge in [0.25, 0.3) is 0 Å². The predicted molar refractivity (Wildman–Crippen MR) is 131 cm³/mol. The SMILES string of the molecule is C=C(CC(=O)Oc1ccc(CC(NC(=O)OC(C)(C)C)C(=O)OCc2ccccc2)cc1)C(=O)OC. The van der Waals surface area contributed by atoms with Crippen molar-refractivity contribution in [2.45, 2.75) is 51.9 Å². The van der Waals surface area contributed by atoms with Gasteiger partial charge in [-0.15, -0.1) is 0 Å². The van der Waals surface area contributed by atoms with Crippen LogP contribution in [-0.4, -0.2) is 42.8 Å².